The van der Waals surface area contributed by atoms with E-state index in [2.05, 4.69) is 9.71 Å². The first-order valence-electron chi connectivity index (χ1n) is 15.7. The number of fused-ring (bicyclic) bond motifs is 1. The second kappa shape index (κ2) is 16.0. The number of amides is 1. The van der Waals surface area contributed by atoms with Crippen LogP contribution >= 0.6 is 22.9 Å². The van der Waals surface area contributed by atoms with Crippen molar-refractivity contribution in [3.8, 4) is 22.6 Å². The third kappa shape index (κ3) is 9.35. The van der Waals surface area contributed by atoms with Gasteiger partial charge in [0.15, 0.2) is 0 Å². The summed E-state index contributed by atoms with van der Waals surface area (Å²) in [6.07, 6.45) is 5.13. The molecule has 4 aromatic carbocycles. The van der Waals surface area contributed by atoms with Crippen molar-refractivity contribution in [2.24, 2.45) is 0 Å². The van der Waals surface area contributed by atoms with E-state index < -0.39 is 15.9 Å². The molecule has 0 spiro atoms. The maximum absolute atomic E-state index is 12.5. The van der Waals surface area contributed by atoms with Crippen LogP contribution in [0.15, 0.2) is 125 Å². The van der Waals surface area contributed by atoms with E-state index in [1.165, 1.54) is 6.07 Å². The highest BCUT2D eigenvalue weighted by Gasteiger charge is 2.18. The molecule has 10 heteroatoms. The average molecular weight is 709 g/mol. The highest BCUT2D eigenvalue weighted by atomic mass is 35.5. The van der Waals surface area contributed by atoms with E-state index in [0.29, 0.717) is 31.1 Å². The topological polar surface area (TPSA) is 94.6 Å². The van der Waals surface area contributed by atoms with Crippen LogP contribution in [0.25, 0.3) is 34.2 Å². The average Bonchev–Trinajstić information content (AvgIpc) is 3.67. The number of ether oxygens (including phenoxy) is 2. The Hall–Kier alpha value is -4.96. The number of carbonyl (C=O) groups is 1. The molecule has 0 aliphatic carbocycles. The lowest BCUT2D eigenvalue weighted by molar-refractivity contribution is -0.119. The van der Waals surface area contributed by atoms with Gasteiger partial charge in [-0.3, -0.25) is 4.79 Å². The van der Waals surface area contributed by atoms with E-state index in [9.17, 15) is 13.2 Å². The smallest absolute Gasteiger partial charge is 0.273 e. The van der Waals surface area contributed by atoms with Gasteiger partial charge in [-0.25, -0.2) is 18.1 Å². The van der Waals surface area contributed by atoms with Gasteiger partial charge in [-0.15, -0.1) is 11.3 Å². The number of aromatic nitrogens is 1. The molecule has 7 nitrogen and oxygen atoms in total. The van der Waals surface area contributed by atoms with Crippen molar-refractivity contribution in [1.29, 1.82) is 0 Å². The number of nitrogens with one attached hydrogen (secondary N) is 1. The number of sulfonamides is 1. The fourth-order valence-corrected chi connectivity index (χ4v) is 7.37. The third-order valence-corrected chi connectivity index (χ3v) is 10.6. The number of hydrogen-bond acceptors (Lipinski definition) is 7. The zero-order chi connectivity index (χ0) is 34.1. The maximum Gasteiger partial charge on any atom is 0.273 e. The number of aryl methyl sites for hydroxylation is 1. The molecule has 0 bridgehead atoms. The Balaban J connectivity index is 0.958. The highest BCUT2D eigenvalue weighted by Crippen LogP contribution is 2.27. The molecule has 0 aliphatic rings. The molecule has 2 heterocycles. The predicted octanol–water partition coefficient (Wildman–Crippen LogP) is 9.07. The summed E-state index contributed by atoms with van der Waals surface area (Å²) < 4.78 is 39.0. The predicted molar refractivity (Wildman–Crippen MR) is 198 cm³/mol. The molecule has 248 valence electrons. The standard InChI is InChI=1S/C39H33ClN2O5S2/c40-32-17-12-31-13-19-33(41-37(31)27-32)18-11-28-6-3-8-35(26-28)47-24-5-23-46-34-20-14-30(15-21-34)36-9-2-1-7-29(36)16-22-38(43)42-49(44,45)39-10-4-25-48-39/h1-4,6-15,17-21,25-27H,5,16,22-24H2,(H,42,43)/b18-11+. The third-order valence-electron chi connectivity index (χ3n) is 7.62. The van der Waals surface area contributed by atoms with Crippen LogP contribution in [0.3, 0.4) is 0 Å². The Kier molecular flexibility index (Phi) is 11.0. The van der Waals surface area contributed by atoms with E-state index in [0.717, 1.165) is 61.7 Å². The van der Waals surface area contributed by atoms with Crippen LogP contribution in [0.2, 0.25) is 5.02 Å². The molecule has 2 aromatic heterocycles. The van der Waals surface area contributed by atoms with Gasteiger partial charge >= 0.3 is 0 Å². The molecular formula is C39H33ClN2O5S2. The van der Waals surface area contributed by atoms with Gasteiger partial charge in [0.1, 0.15) is 15.7 Å². The van der Waals surface area contributed by atoms with Crippen molar-refractivity contribution in [3.63, 3.8) is 0 Å². The number of thiophene rings is 1. The van der Waals surface area contributed by atoms with Gasteiger partial charge in [-0.2, -0.15) is 0 Å². The SMILES string of the molecule is O=C(CCc1ccccc1-c1ccc(OCCCOc2cccc(/C=C/c3ccc4ccc(Cl)cc4n3)c2)cc1)NS(=O)(=O)c1cccs1. The van der Waals surface area contributed by atoms with Crippen molar-refractivity contribution in [3.05, 3.63) is 142 Å². The minimum atomic E-state index is -3.84. The van der Waals surface area contributed by atoms with Crippen LogP contribution in [0.5, 0.6) is 11.5 Å². The minimum absolute atomic E-state index is 0.0464. The molecule has 1 N–H and O–H groups in total. The first kappa shape index (κ1) is 33.9. The Morgan fingerprint density at radius 2 is 1.61 bits per heavy atom. The second-order valence-electron chi connectivity index (χ2n) is 11.2. The highest BCUT2D eigenvalue weighted by molar-refractivity contribution is 7.92. The molecule has 0 unspecified atom stereocenters. The largest absolute Gasteiger partial charge is 0.493 e. The fourth-order valence-electron chi connectivity index (χ4n) is 5.19. The monoisotopic (exact) mass is 708 g/mol. The first-order valence-corrected chi connectivity index (χ1v) is 18.4. The van der Waals surface area contributed by atoms with Gasteiger partial charge in [0, 0.05) is 23.3 Å². The first-order chi connectivity index (χ1) is 23.8. The summed E-state index contributed by atoms with van der Waals surface area (Å²) in [6, 6.07) is 36.3. The van der Waals surface area contributed by atoms with Gasteiger partial charge in [0.2, 0.25) is 5.91 Å². The number of pyridine rings is 1. The number of halogens is 1. The number of carbonyl (C=O) groups excluding carboxylic acids is 1. The second-order valence-corrected chi connectivity index (χ2v) is 14.5. The molecule has 6 rings (SSSR count). The lowest BCUT2D eigenvalue weighted by atomic mass is 9.96. The van der Waals surface area contributed by atoms with Crippen molar-refractivity contribution in [2.75, 3.05) is 13.2 Å². The molecule has 0 saturated heterocycles. The van der Waals surface area contributed by atoms with Crippen LogP contribution in [0, 0.1) is 0 Å². The van der Waals surface area contributed by atoms with Gasteiger partial charge < -0.3 is 9.47 Å². The molecule has 1 amide bonds. The summed E-state index contributed by atoms with van der Waals surface area (Å²) in [4.78, 5) is 17.1. The zero-order valence-corrected chi connectivity index (χ0v) is 28.8. The molecule has 49 heavy (non-hydrogen) atoms. The van der Waals surface area contributed by atoms with Gasteiger partial charge in [-0.05, 0) is 88.7 Å². The lowest BCUT2D eigenvalue weighted by Crippen LogP contribution is -2.30. The van der Waals surface area contributed by atoms with E-state index in [4.69, 9.17) is 21.1 Å². The number of benzene rings is 4. The van der Waals surface area contributed by atoms with Crippen molar-refractivity contribution < 1.29 is 22.7 Å². The number of rotatable bonds is 14. The zero-order valence-electron chi connectivity index (χ0n) is 26.4. The van der Waals surface area contributed by atoms with E-state index in [1.54, 1.807) is 11.4 Å². The van der Waals surface area contributed by atoms with E-state index in [-0.39, 0.29) is 10.6 Å². The fraction of sp³-hybridized carbons (Fsp3) is 0.128. The van der Waals surface area contributed by atoms with Gasteiger partial charge in [-0.1, -0.05) is 84.4 Å². The summed E-state index contributed by atoms with van der Waals surface area (Å²) >= 11 is 7.19. The molecule has 0 radical (unpaired) electrons. The van der Waals surface area contributed by atoms with Crippen LogP contribution in [-0.2, 0) is 21.2 Å². The number of nitrogens with zero attached hydrogens (tertiary/aromatic N) is 1. The quantitative estimate of drug-likeness (QED) is 0.114. The minimum Gasteiger partial charge on any atom is -0.493 e. The van der Waals surface area contributed by atoms with Gasteiger partial charge in [0.25, 0.3) is 10.0 Å². The Labute approximate surface area is 294 Å². The van der Waals surface area contributed by atoms with Gasteiger partial charge in [0.05, 0.1) is 24.4 Å². The maximum atomic E-state index is 12.5. The van der Waals surface area contributed by atoms with E-state index in [1.807, 2.05) is 115 Å². The Morgan fingerprint density at radius 3 is 2.43 bits per heavy atom. The summed E-state index contributed by atoms with van der Waals surface area (Å²) in [5, 5.41) is 3.37. The molecule has 0 saturated carbocycles. The number of hydrogen-bond donors (Lipinski definition) is 1. The van der Waals surface area contributed by atoms with Crippen LogP contribution < -0.4 is 14.2 Å². The summed E-state index contributed by atoms with van der Waals surface area (Å²) in [5.41, 5.74) is 5.62. The van der Waals surface area contributed by atoms with Crippen molar-refractivity contribution in [2.45, 2.75) is 23.5 Å². The summed E-state index contributed by atoms with van der Waals surface area (Å²) in [6.45, 7) is 1.00. The van der Waals surface area contributed by atoms with Crippen molar-refractivity contribution in [1.82, 2.24) is 9.71 Å². The normalized spacial score (nSPS) is 11.5. The summed E-state index contributed by atoms with van der Waals surface area (Å²) in [5.74, 6) is 0.988. The molecule has 6 aromatic rings. The van der Waals surface area contributed by atoms with E-state index >= 15 is 0 Å². The lowest BCUT2D eigenvalue weighted by Gasteiger charge is -2.12. The molecule has 0 atom stereocenters. The molecular weight excluding hydrogens is 676 g/mol. The molecule has 0 fully saturated rings. The van der Waals surface area contributed by atoms with Crippen LogP contribution in [-0.4, -0.2) is 32.5 Å². The van der Waals surface area contributed by atoms with Crippen LogP contribution in [0.4, 0.5) is 0 Å². The Bertz CT molecular complexity index is 2180. The van der Waals surface area contributed by atoms with Crippen molar-refractivity contribution >= 4 is 61.9 Å². The van der Waals surface area contributed by atoms with Crippen LogP contribution in [0.1, 0.15) is 29.7 Å². The Morgan fingerprint density at radius 1 is 0.816 bits per heavy atom. The molecule has 0 aliphatic heterocycles. The summed E-state index contributed by atoms with van der Waals surface area (Å²) in [7, 11) is -3.84.